The van der Waals surface area contributed by atoms with E-state index in [4.69, 9.17) is 31.9 Å². The molecule has 4 aromatic heterocycles. The zero-order valence-electron chi connectivity index (χ0n) is 36.4. The fourth-order valence-electron chi connectivity index (χ4n) is 8.06. The summed E-state index contributed by atoms with van der Waals surface area (Å²) in [5.41, 5.74) is -1.40. The highest BCUT2D eigenvalue weighted by atomic mass is 31.2. The molecule has 3 fully saturated rings. The lowest BCUT2D eigenvalue weighted by Crippen LogP contribution is -2.35. The number of fused-ring (bicyclic) bond motifs is 5. The Morgan fingerprint density at radius 1 is 0.955 bits per heavy atom. The molecule has 27 heteroatoms. The predicted molar refractivity (Wildman–Crippen MR) is 230 cm³/mol. The smallest absolute Gasteiger partial charge is 0.346 e. The van der Waals surface area contributed by atoms with Crippen LogP contribution in [0.25, 0.3) is 22.3 Å². The van der Waals surface area contributed by atoms with Gasteiger partial charge in [0.15, 0.2) is 40.5 Å². The van der Waals surface area contributed by atoms with Gasteiger partial charge in [0.2, 0.25) is 11.9 Å². The molecule has 1 saturated carbocycles. The van der Waals surface area contributed by atoms with Crippen molar-refractivity contribution in [2.45, 2.75) is 83.7 Å². The van der Waals surface area contributed by atoms with Crippen molar-refractivity contribution >= 4 is 61.6 Å². The fourth-order valence-corrected chi connectivity index (χ4v) is 10.9. The van der Waals surface area contributed by atoms with E-state index in [1.165, 1.54) is 21.8 Å². The van der Waals surface area contributed by atoms with Crippen molar-refractivity contribution in [2.75, 3.05) is 37.1 Å². The Morgan fingerprint density at radius 2 is 1.64 bits per heavy atom. The quantitative estimate of drug-likeness (QED) is 0.102. The first-order valence-corrected chi connectivity index (χ1v) is 24.0. The molecule has 2 aliphatic heterocycles. The Hall–Kier alpha value is -5.85. The van der Waals surface area contributed by atoms with E-state index < -0.39 is 113 Å². The number of nitriles is 2. The third-order valence-electron chi connectivity index (χ3n) is 11.7. The average molecular weight is 967 g/mol. The van der Waals surface area contributed by atoms with Gasteiger partial charge in [-0.25, -0.2) is 33.5 Å². The Balaban J connectivity index is 1.16. The number of anilines is 2. The first-order chi connectivity index (χ1) is 32.1. The average Bonchev–Trinajstić information content (AvgIpc) is 4.05. The van der Waals surface area contributed by atoms with Crippen molar-refractivity contribution in [2.24, 2.45) is 17.3 Å². The van der Waals surface area contributed by atoms with Crippen molar-refractivity contribution in [3.63, 3.8) is 0 Å². The topological polar surface area (TPSA) is 312 Å². The summed E-state index contributed by atoms with van der Waals surface area (Å²) in [5, 5.41) is 23.9. The number of alkyl halides is 1. The Bertz CT molecular complexity index is 2910. The number of phosphoric acid groups is 2. The molecule has 6 heterocycles. The molecule has 5 aromatic rings. The first-order valence-electron chi connectivity index (χ1n) is 21.1. The van der Waals surface area contributed by atoms with Gasteiger partial charge >= 0.3 is 15.6 Å². The molecule has 2 saturated heterocycles. The molecule has 0 radical (unpaired) electrons. The van der Waals surface area contributed by atoms with Gasteiger partial charge in [-0.1, -0.05) is 45.9 Å². The van der Waals surface area contributed by atoms with E-state index in [2.05, 4.69) is 40.5 Å². The van der Waals surface area contributed by atoms with Crippen molar-refractivity contribution in [3.05, 3.63) is 65.2 Å². The van der Waals surface area contributed by atoms with Crippen LogP contribution >= 0.6 is 15.6 Å². The van der Waals surface area contributed by atoms with Crippen LogP contribution in [0.1, 0.15) is 69.6 Å². The third-order valence-corrected chi connectivity index (χ3v) is 14.7. The molecular formula is C40H45FN12O12P2. The zero-order valence-corrected chi connectivity index (χ0v) is 38.2. The van der Waals surface area contributed by atoms with Gasteiger partial charge in [0.25, 0.3) is 11.5 Å². The van der Waals surface area contributed by atoms with Gasteiger partial charge in [0.05, 0.1) is 76.2 Å². The summed E-state index contributed by atoms with van der Waals surface area (Å²) < 4.78 is 91.2. The Kier molecular flexibility index (Phi) is 13.8. The molecule has 1 aromatic carbocycles. The highest BCUT2D eigenvalue weighted by Gasteiger charge is 2.57. The lowest BCUT2D eigenvalue weighted by atomic mass is 9.81. The summed E-state index contributed by atoms with van der Waals surface area (Å²) >= 11 is 0. The number of hydrogen-bond donors (Lipinski definition) is 3. The number of aromatic amines is 1. The summed E-state index contributed by atoms with van der Waals surface area (Å²) in [6.07, 6.45) is -5.25. The van der Waals surface area contributed by atoms with Gasteiger partial charge in [-0.3, -0.25) is 56.4 Å². The summed E-state index contributed by atoms with van der Waals surface area (Å²) in [4.78, 5) is 62.9. The van der Waals surface area contributed by atoms with E-state index in [0.717, 1.165) is 6.33 Å². The van der Waals surface area contributed by atoms with Crippen LogP contribution in [0, 0.1) is 39.9 Å². The number of carbonyl (C=O) groups excluding carboxylic acids is 2. The SMILES string of the molecule is CC(C)C(=O)Nc1nc2c(ncn2[C@@H]2[C@@H](C)[C@]3(C)COP(=O)(OCCC#N)O[C@H]4[C@@H](F)[C@H](n5cnc6c(NC(=O)c7ccccc7)ncnc65)O[C@@H]4COP(=O)(OCCC#N)O[C@@H]2C3)c(=O)[nH]1. The van der Waals surface area contributed by atoms with E-state index in [-0.39, 0.29) is 53.4 Å². The maximum atomic E-state index is 17.1. The summed E-state index contributed by atoms with van der Waals surface area (Å²) in [7, 11) is -9.64. The minimum absolute atomic E-state index is 0.00446. The molecule has 3 N–H and O–H groups in total. The van der Waals surface area contributed by atoms with Crippen molar-refractivity contribution < 1.29 is 55.0 Å². The number of H-pyrrole nitrogens is 1. The van der Waals surface area contributed by atoms with Crippen LogP contribution in [0.5, 0.6) is 0 Å². The molecule has 2 unspecified atom stereocenters. The van der Waals surface area contributed by atoms with Crippen LogP contribution in [0.4, 0.5) is 16.2 Å². The Labute approximate surface area is 380 Å². The van der Waals surface area contributed by atoms with Gasteiger partial charge in [0, 0.05) is 11.5 Å². The number of halogens is 1. The normalized spacial score (nSPS) is 29.9. The molecule has 10 atom stereocenters. The van der Waals surface area contributed by atoms with Gasteiger partial charge < -0.3 is 14.6 Å². The lowest BCUT2D eigenvalue weighted by molar-refractivity contribution is -0.118. The summed E-state index contributed by atoms with van der Waals surface area (Å²) in [6.45, 7) is 4.79. The number of amides is 2. The lowest BCUT2D eigenvalue weighted by Gasteiger charge is -2.33. The number of rotatable bonds is 12. The molecule has 354 valence electrons. The number of hydrogen-bond acceptors (Lipinski definition) is 19. The number of nitrogens with zero attached hydrogens (tertiary/aromatic N) is 9. The second kappa shape index (κ2) is 19.4. The number of carbonyl (C=O) groups is 2. The van der Waals surface area contributed by atoms with Crippen LogP contribution < -0.4 is 16.2 Å². The second-order valence-corrected chi connectivity index (χ2v) is 19.8. The van der Waals surface area contributed by atoms with E-state index in [0.29, 0.717) is 5.56 Å². The zero-order chi connectivity index (χ0) is 47.7. The first kappa shape index (κ1) is 47.6. The van der Waals surface area contributed by atoms with Gasteiger partial charge in [0.1, 0.15) is 18.5 Å². The molecule has 67 heavy (non-hydrogen) atoms. The van der Waals surface area contributed by atoms with Crippen LogP contribution in [-0.2, 0) is 45.8 Å². The maximum Gasteiger partial charge on any atom is 0.475 e. The third kappa shape index (κ3) is 9.79. The highest BCUT2D eigenvalue weighted by molar-refractivity contribution is 7.48. The van der Waals surface area contributed by atoms with Gasteiger partial charge in [-0.2, -0.15) is 15.5 Å². The van der Waals surface area contributed by atoms with E-state index in [9.17, 15) is 34.0 Å². The van der Waals surface area contributed by atoms with Crippen molar-refractivity contribution in [1.82, 2.24) is 39.0 Å². The molecule has 2 bridgehead atoms. The van der Waals surface area contributed by atoms with Crippen LogP contribution in [0.3, 0.4) is 0 Å². The molecule has 24 nitrogen and oxygen atoms in total. The van der Waals surface area contributed by atoms with E-state index in [1.807, 2.05) is 12.1 Å². The van der Waals surface area contributed by atoms with Gasteiger partial charge in [-0.05, 0) is 29.9 Å². The van der Waals surface area contributed by atoms with Crippen molar-refractivity contribution in [3.8, 4) is 12.1 Å². The number of ether oxygens (including phenoxy) is 1. The number of aromatic nitrogens is 8. The number of imidazole rings is 2. The van der Waals surface area contributed by atoms with E-state index >= 15 is 4.39 Å². The number of nitrogens with one attached hydrogen (secondary N) is 3. The number of benzene rings is 1. The second-order valence-electron chi connectivity index (χ2n) is 16.6. The minimum Gasteiger partial charge on any atom is -0.346 e. The Morgan fingerprint density at radius 3 is 2.34 bits per heavy atom. The molecule has 0 spiro atoms. The summed E-state index contributed by atoms with van der Waals surface area (Å²) in [5.74, 6) is -2.13. The minimum atomic E-state index is -4.85. The standard InChI is InChI=1S/C40H45FN12O12P2/c1-22(2)35(54)50-39-49-34-29(37(56)51-39)47-20-52(34)30-23(3)40(4)16-25(30)64-66(57,59-14-8-12-42)61-17-26-31(65-67(58,62-18-40)60-15-9-13-43)27(41)38(63-26)53-21-46-28-32(44-19-45-33(28)53)48-36(55)24-10-6-5-7-11-24/h5-7,10-11,19-23,25-27,30-31,38H,8-9,14-18H2,1-4H3,(H,44,45,48,55)(H2,49,50,51,54,56)/t23-,25-,26-,27-,30-,31-,38-,40+,66?,67?/m1/s1. The molecule has 3 aliphatic rings. The van der Waals surface area contributed by atoms with E-state index in [1.54, 1.807) is 58.0 Å². The monoisotopic (exact) mass is 966 g/mol. The number of phosphoric ester groups is 2. The van der Waals surface area contributed by atoms with Gasteiger partial charge in [-0.15, -0.1) is 0 Å². The molecular weight excluding hydrogens is 921 g/mol. The molecule has 2 amide bonds. The van der Waals surface area contributed by atoms with Crippen LogP contribution in [0.2, 0.25) is 0 Å². The maximum absolute atomic E-state index is 17.1. The molecule has 1 aliphatic carbocycles. The van der Waals surface area contributed by atoms with Crippen LogP contribution in [0.15, 0.2) is 54.1 Å². The predicted octanol–water partition coefficient (Wildman–Crippen LogP) is 5.52. The molecule has 8 rings (SSSR count). The van der Waals surface area contributed by atoms with Crippen LogP contribution in [-0.4, -0.2) is 102 Å². The fraction of sp³-hybridized carbons (Fsp3) is 0.500. The summed E-state index contributed by atoms with van der Waals surface area (Å²) in [6, 6.07) is 11.2. The highest BCUT2D eigenvalue weighted by Crippen LogP contribution is 2.62. The largest absolute Gasteiger partial charge is 0.475 e. The van der Waals surface area contributed by atoms with Crippen molar-refractivity contribution in [1.29, 1.82) is 10.5 Å².